The minimum absolute atomic E-state index is 0.168. The van der Waals surface area contributed by atoms with Gasteiger partial charge in [-0.25, -0.2) is 0 Å². The molecule has 1 heterocycles. The summed E-state index contributed by atoms with van der Waals surface area (Å²) in [4.78, 5) is 28.6. The number of fused-ring (bicyclic) bond motifs is 2. The summed E-state index contributed by atoms with van der Waals surface area (Å²) in [5, 5.41) is 0. The predicted octanol–water partition coefficient (Wildman–Crippen LogP) is 3.29. The van der Waals surface area contributed by atoms with E-state index in [-0.39, 0.29) is 11.8 Å². The van der Waals surface area contributed by atoms with Crippen molar-refractivity contribution in [2.45, 2.75) is 25.3 Å². The molecule has 128 valence electrons. The Morgan fingerprint density at radius 3 is 2.36 bits per heavy atom. The number of hydrogen-bond donors (Lipinski definition) is 0. The van der Waals surface area contributed by atoms with Crippen molar-refractivity contribution in [1.82, 2.24) is 9.80 Å². The fraction of sp³-hybridized carbons (Fsp3) is 0.333. The maximum absolute atomic E-state index is 12.5. The van der Waals surface area contributed by atoms with Gasteiger partial charge in [0.2, 0.25) is 0 Å². The zero-order chi connectivity index (χ0) is 17.4. The fourth-order valence-corrected chi connectivity index (χ4v) is 4.04. The summed E-state index contributed by atoms with van der Waals surface area (Å²) in [6, 6.07) is 16.0. The van der Waals surface area contributed by atoms with E-state index < -0.39 is 0 Å². The number of hydrogen-bond acceptors (Lipinski definition) is 3. The van der Waals surface area contributed by atoms with E-state index in [2.05, 4.69) is 36.2 Å². The predicted molar refractivity (Wildman–Crippen MR) is 96.6 cm³/mol. The van der Waals surface area contributed by atoms with E-state index in [1.165, 1.54) is 22.4 Å². The Bertz CT molecular complexity index is 795. The van der Waals surface area contributed by atoms with Gasteiger partial charge in [0.1, 0.15) is 0 Å². The molecule has 0 bridgehead atoms. The summed E-state index contributed by atoms with van der Waals surface area (Å²) in [5.74, 6) is -0.337. The number of nitrogens with zero attached hydrogens (tertiary/aromatic N) is 2. The van der Waals surface area contributed by atoms with Gasteiger partial charge in [-0.3, -0.25) is 19.4 Å². The average Bonchev–Trinajstić information content (AvgIpc) is 2.90. The molecule has 2 aromatic rings. The van der Waals surface area contributed by atoms with Crippen LogP contribution in [0.1, 0.15) is 50.7 Å². The van der Waals surface area contributed by atoms with E-state index in [4.69, 9.17) is 0 Å². The number of imide groups is 1. The third-order valence-electron chi connectivity index (χ3n) is 5.42. The van der Waals surface area contributed by atoms with Crippen LogP contribution in [0.5, 0.6) is 0 Å². The van der Waals surface area contributed by atoms with Crippen LogP contribution < -0.4 is 0 Å². The van der Waals surface area contributed by atoms with Crippen LogP contribution in [-0.4, -0.2) is 41.8 Å². The second kappa shape index (κ2) is 6.45. The normalized spacial score (nSPS) is 19.3. The van der Waals surface area contributed by atoms with Gasteiger partial charge in [-0.1, -0.05) is 36.4 Å². The Balaban J connectivity index is 1.46. The molecule has 0 N–H and O–H groups in total. The minimum Gasteiger partial charge on any atom is -0.298 e. The first-order chi connectivity index (χ1) is 12.2. The Labute approximate surface area is 148 Å². The molecule has 2 amide bonds. The first-order valence-corrected chi connectivity index (χ1v) is 8.90. The smallest absolute Gasteiger partial charge is 0.261 e. The second-order valence-electron chi connectivity index (χ2n) is 6.89. The molecule has 1 atom stereocenters. The number of likely N-dealkylation sites (N-methyl/N-ethyl adjacent to an activating group) is 1. The molecule has 4 nitrogen and oxygen atoms in total. The molecule has 2 aliphatic rings. The van der Waals surface area contributed by atoms with Crippen LogP contribution in [0.4, 0.5) is 0 Å². The monoisotopic (exact) mass is 334 g/mol. The highest BCUT2D eigenvalue weighted by Crippen LogP contribution is 2.33. The van der Waals surface area contributed by atoms with Crippen molar-refractivity contribution >= 4 is 11.8 Å². The highest BCUT2D eigenvalue weighted by molar-refractivity contribution is 6.21. The number of carbonyl (C=O) groups is 2. The number of rotatable bonds is 4. The van der Waals surface area contributed by atoms with E-state index in [9.17, 15) is 9.59 Å². The lowest BCUT2D eigenvalue weighted by molar-refractivity contribution is 0.0630. The third kappa shape index (κ3) is 2.76. The molecule has 4 rings (SSSR count). The number of aryl methyl sites for hydroxylation is 1. The molecule has 0 unspecified atom stereocenters. The maximum atomic E-state index is 12.5. The Morgan fingerprint density at radius 2 is 1.64 bits per heavy atom. The molecule has 0 saturated carbocycles. The summed E-state index contributed by atoms with van der Waals surface area (Å²) in [6.45, 7) is 1.12. The molecule has 4 heteroatoms. The van der Waals surface area contributed by atoms with Crippen molar-refractivity contribution in [1.29, 1.82) is 0 Å². The van der Waals surface area contributed by atoms with Crippen molar-refractivity contribution in [2.24, 2.45) is 0 Å². The van der Waals surface area contributed by atoms with Crippen LogP contribution in [0.2, 0.25) is 0 Å². The van der Waals surface area contributed by atoms with Crippen LogP contribution in [0.3, 0.4) is 0 Å². The fourth-order valence-electron chi connectivity index (χ4n) is 4.04. The SMILES string of the molecule is CN(CCN1C(=O)c2ccccc2C1=O)[C@H]1CCCc2ccccc21. The van der Waals surface area contributed by atoms with E-state index in [1.54, 1.807) is 24.3 Å². The van der Waals surface area contributed by atoms with Crippen LogP contribution in [0.15, 0.2) is 48.5 Å². The van der Waals surface area contributed by atoms with E-state index in [0.29, 0.717) is 30.3 Å². The van der Waals surface area contributed by atoms with Crippen molar-refractivity contribution in [3.63, 3.8) is 0 Å². The third-order valence-corrected chi connectivity index (χ3v) is 5.42. The topological polar surface area (TPSA) is 40.6 Å². The quantitative estimate of drug-likeness (QED) is 0.806. The van der Waals surface area contributed by atoms with Gasteiger partial charge >= 0.3 is 0 Å². The van der Waals surface area contributed by atoms with Crippen LogP contribution in [-0.2, 0) is 6.42 Å². The van der Waals surface area contributed by atoms with Gasteiger partial charge < -0.3 is 0 Å². The van der Waals surface area contributed by atoms with Crippen molar-refractivity contribution in [2.75, 3.05) is 20.1 Å². The summed E-state index contributed by atoms with van der Waals surface area (Å²) < 4.78 is 0. The van der Waals surface area contributed by atoms with Crippen LogP contribution in [0, 0.1) is 0 Å². The molecule has 25 heavy (non-hydrogen) atoms. The van der Waals surface area contributed by atoms with Crippen molar-refractivity contribution < 1.29 is 9.59 Å². The highest BCUT2D eigenvalue weighted by atomic mass is 16.2. The van der Waals surface area contributed by atoms with Crippen LogP contribution >= 0.6 is 0 Å². The molecular formula is C21H22N2O2. The Hall–Kier alpha value is -2.46. The average molecular weight is 334 g/mol. The van der Waals surface area contributed by atoms with E-state index in [1.807, 2.05) is 0 Å². The lowest BCUT2D eigenvalue weighted by atomic mass is 9.87. The summed E-state index contributed by atoms with van der Waals surface area (Å²) in [7, 11) is 2.09. The van der Waals surface area contributed by atoms with Gasteiger partial charge in [0.15, 0.2) is 0 Å². The number of benzene rings is 2. The van der Waals surface area contributed by atoms with Crippen molar-refractivity contribution in [3.8, 4) is 0 Å². The molecule has 1 aliphatic heterocycles. The van der Waals surface area contributed by atoms with Crippen LogP contribution in [0.25, 0.3) is 0 Å². The summed E-state index contributed by atoms with van der Waals surface area (Å²) in [6.07, 6.45) is 3.44. The van der Waals surface area contributed by atoms with E-state index in [0.717, 1.165) is 12.8 Å². The Kier molecular flexibility index (Phi) is 4.14. The zero-order valence-corrected chi connectivity index (χ0v) is 14.4. The molecule has 0 saturated heterocycles. The molecule has 0 fully saturated rings. The lowest BCUT2D eigenvalue weighted by Gasteiger charge is -2.34. The highest BCUT2D eigenvalue weighted by Gasteiger charge is 2.35. The first-order valence-electron chi connectivity index (χ1n) is 8.90. The molecule has 1 aliphatic carbocycles. The summed E-state index contributed by atoms with van der Waals surface area (Å²) in [5.41, 5.74) is 3.86. The largest absolute Gasteiger partial charge is 0.298 e. The molecule has 2 aromatic carbocycles. The molecule has 0 aromatic heterocycles. The first kappa shape index (κ1) is 16.0. The Morgan fingerprint density at radius 1 is 1.00 bits per heavy atom. The van der Waals surface area contributed by atoms with Gasteiger partial charge in [-0.15, -0.1) is 0 Å². The van der Waals surface area contributed by atoms with Gasteiger partial charge in [0.05, 0.1) is 11.1 Å². The molecular weight excluding hydrogens is 312 g/mol. The van der Waals surface area contributed by atoms with Gasteiger partial charge in [-0.05, 0) is 49.6 Å². The van der Waals surface area contributed by atoms with E-state index >= 15 is 0 Å². The van der Waals surface area contributed by atoms with Gasteiger partial charge in [0.25, 0.3) is 11.8 Å². The lowest BCUT2D eigenvalue weighted by Crippen LogP contribution is -2.38. The van der Waals surface area contributed by atoms with Gasteiger partial charge in [0, 0.05) is 19.1 Å². The summed E-state index contributed by atoms with van der Waals surface area (Å²) >= 11 is 0. The maximum Gasteiger partial charge on any atom is 0.261 e. The molecule has 0 radical (unpaired) electrons. The number of amides is 2. The molecule has 0 spiro atoms. The number of carbonyl (C=O) groups excluding carboxylic acids is 2. The minimum atomic E-state index is -0.168. The second-order valence-corrected chi connectivity index (χ2v) is 6.89. The zero-order valence-electron chi connectivity index (χ0n) is 14.4. The van der Waals surface area contributed by atoms with Crippen molar-refractivity contribution in [3.05, 3.63) is 70.8 Å². The van der Waals surface area contributed by atoms with Gasteiger partial charge in [-0.2, -0.15) is 0 Å². The standard InChI is InChI=1S/C21H22N2O2/c1-22(19-12-6-8-15-7-2-3-9-16(15)19)13-14-23-20(24)17-10-4-5-11-18(17)21(23)25/h2-5,7,9-11,19H,6,8,12-14H2,1H3/t19-/m0/s1.